The molecular formula is C9H18O3. The van der Waals surface area contributed by atoms with Crippen LogP contribution in [0.5, 0.6) is 0 Å². The van der Waals surface area contributed by atoms with Gasteiger partial charge < -0.3 is 9.53 Å². The van der Waals surface area contributed by atoms with Crippen molar-refractivity contribution in [2.24, 2.45) is 0 Å². The summed E-state index contributed by atoms with van der Waals surface area (Å²) in [5.74, 6) is 0.0787. The summed E-state index contributed by atoms with van der Waals surface area (Å²) in [6.07, 6.45) is 1.42. The van der Waals surface area contributed by atoms with Gasteiger partial charge in [0.2, 0.25) is 0 Å². The Morgan fingerprint density at radius 2 is 1.58 bits per heavy atom. The predicted octanol–water partition coefficient (Wildman–Crippen LogP) is 1.94. The molecule has 72 valence electrons. The Morgan fingerprint density at radius 3 is 1.83 bits per heavy atom. The number of ketones is 1. The molecule has 3 heteroatoms. The highest BCUT2D eigenvalue weighted by Gasteiger charge is 1.95. The third-order valence-electron chi connectivity index (χ3n) is 0.759. The van der Waals surface area contributed by atoms with Crippen LogP contribution in [-0.2, 0) is 14.3 Å². The lowest BCUT2D eigenvalue weighted by Crippen LogP contribution is -2.01. The number of ether oxygens (including phenoxy) is 1. The van der Waals surface area contributed by atoms with Gasteiger partial charge in [0.25, 0.3) is 0 Å². The van der Waals surface area contributed by atoms with Gasteiger partial charge >= 0.3 is 5.97 Å². The minimum absolute atomic E-state index is 0.0880. The van der Waals surface area contributed by atoms with Gasteiger partial charge in [-0.15, -0.1) is 0 Å². The highest BCUT2D eigenvalue weighted by Crippen LogP contribution is 1.89. The van der Waals surface area contributed by atoms with Gasteiger partial charge in [-0.3, -0.25) is 4.79 Å². The van der Waals surface area contributed by atoms with Crippen LogP contribution in [0.4, 0.5) is 0 Å². The maximum atomic E-state index is 10.4. The number of rotatable bonds is 3. The van der Waals surface area contributed by atoms with Crippen LogP contribution in [-0.4, -0.2) is 18.4 Å². The van der Waals surface area contributed by atoms with Gasteiger partial charge in [0.05, 0.1) is 6.61 Å². The molecule has 0 heterocycles. The van der Waals surface area contributed by atoms with Crippen molar-refractivity contribution >= 4 is 11.8 Å². The van der Waals surface area contributed by atoms with Crippen LogP contribution in [0.15, 0.2) is 0 Å². The molecule has 0 aliphatic heterocycles. The molecule has 3 nitrogen and oxygen atoms in total. The largest absolute Gasteiger partial charge is 0.466 e. The van der Waals surface area contributed by atoms with Crippen LogP contribution in [0.25, 0.3) is 0 Å². The first-order valence-electron chi connectivity index (χ1n) is 4.17. The summed E-state index contributed by atoms with van der Waals surface area (Å²) in [5.41, 5.74) is 0. The maximum absolute atomic E-state index is 10.4. The Kier molecular flexibility index (Phi) is 11.6. The second-order valence-electron chi connectivity index (χ2n) is 2.46. The van der Waals surface area contributed by atoms with Crippen LogP contribution < -0.4 is 0 Å². The minimum Gasteiger partial charge on any atom is -0.466 e. The summed E-state index contributed by atoms with van der Waals surface area (Å²) >= 11 is 0. The predicted molar refractivity (Wildman–Crippen MR) is 47.9 cm³/mol. The molecule has 0 radical (unpaired) electrons. The maximum Gasteiger partial charge on any atom is 0.305 e. The van der Waals surface area contributed by atoms with Crippen molar-refractivity contribution in [3.8, 4) is 0 Å². The van der Waals surface area contributed by atoms with Crippen LogP contribution in [0, 0.1) is 0 Å². The van der Waals surface area contributed by atoms with Gasteiger partial charge in [0.1, 0.15) is 5.78 Å². The van der Waals surface area contributed by atoms with E-state index < -0.39 is 0 Å². The van der Waals surface area contributed by atoms with Gasteiger partial charge in [0.15, 0.2) is 0 Å². The van der Waals surface area contributed by atoms with Crippen molar-refractivity contribution in [2.45, 2.75) is 40.5 Å². The highest BCUT2D eigenvalue weighted by atomic mass is 16.5. The number of esters is 1. The van der Waals surface area contributed by atoms with E-state index in [1.807, 2.05) is 13.8 Å². The lowest BCUT2D eigenvalue weighted by molar-refractivity contribution is -0.143. The first-order valence-corrected chi connectivity index (χ1v) is 4.17. The summed E-state index contributed by atoms with van der Waals surface area (Å²) in [7, 11) is 0. The molecule has 0 aromatic carbocycles. The molecule has 0 spiro atoms. The first kappa shape index (κ1) is 13.7. The third-order valence-corrected chi connectivity index (χ3v) is 0.759. The van der Waals surface area contributed by atoms with E-state index in [1.165, 1.54) is 13.8 Å². The van der Waals surface area contributed by atoms with Gasteiger partial charge in [0, 0.05) is 6.42 Å². The van der Waals surface area contributed by atoms with Crippen molar-refractivity contribution < 1.29 is 14.3 Å². The van der Waals surface area contributed by atoms with Crippen LogP contribution in [0.2, 0.25) is 0 Å². The Labute approximate surface area is 74.1 Å². The topological polar surface area (TPSA) is 43.4 Å². The van der Waals surface area contributed by atoms with Gasteiger partial charge in [-0.1, -0.05) is 6.92 Å². The van der Waals surface area contributed by atoms with Crippen LogP contribution in [0.3, 0.4) is 0 Å². The molecule has 0 rings (SSSR count). The molecule has 0 atom stereocenters. The van der Waals surface area contributed by atoms with Crippen molar-refractivity contribution in [2.75, 3.05) is 6.61 Å². The van der Waals surface area contributed by atoms with E-state index in [2.05, 4.69) is 4.74 Å². The molecular weight excluding hydrogens is 156 g/mol. The summed E-state index contributed by atoms with van der Waals surface area (Å²) in [5, 5.41) is 0. The second-order valence-corrected chi connectivity index (χ2v) is 2.46. The molecule has 0 amide bonds. The third kappa shape index (κ3) is 22.9. The molecule has 0 unspecified atom stereocenters. The zero-order valence-corrected chi connectivity index (χ0v) is 8.35. The molecule has 0 aromatic heterocycles. The van der Waals surface area contributed by atoms with Gasteiger partial charge in [-0.05, 0) is 27.2 Å². The number of hydrogen-bond acceptors (Lipinski definition) is 3. The molecule has 0 aromatic rings. The molecule has 0 saturated carbocycles. The monoisotopic (exact) mass is 174 g/mol. The van der Waals surface area contributed by atoms with E-state index in [0.717, 1.165) is 6.42 Å². The average molecular weight is 174 g/mol. The fourth-order valence-electron chi connectivity index (χ4n) is 0.437. The van der Waals surface area contributed by atoms with Crippen LogP contribution in [0.1, 0.15) is 40.5 Å². The lowest BCUT2D eigenvalue weighted by atomic mass is 10.3. The van der Waals surface area contributed by atoms with Gasteiger partial charge in [-0.25, -0.2) is 0 Å². The summed E-state index contributed by atoms with van der Waals surface area (Å²) in [4.78, 5) is 19.9. The summed E-state index contributed by atoms with van der Waals surface area (Å²) in [6, 6.07) is 0. The Morgan fingerprint density at radius 1 is 1.17 bits per heavy atom. The first-order chi connectivity index (χ1) is 5.54. The molecule has 0 fully saturated rings. The average Bonchev–Trinajstić information content (AvgIpc) is 1.87. The Balaban J connectivity index is 0. The molecule has 0 bridgehead atoms. The molecule has 0 saturated heterocycles. The van der Waals surface area contributed by atoms with Crippen molar-refractivity contribution in [1.29, 1.82) is 0 Å². The number of carbonyl (C=O) groups excluding carboxylic acids is 2. The normalized spacial score (nSPS) is 8.00. The zero-order valence-electron chi connectivity index (χ0n) is 8.35. The summed E-state index contributed by atoms with van der Waals surface area (Å²) < 4.78 is 4.64. The molecule has 12 heavy (non-hydrogen) atoms. The van der Waals surface area contributed by atoms with E-state index in [0.29, 0.717) is 13.0 Å². The molecule has 0 aliphatic rings. The van der Waals surface area contributed by atoms with Crippen molar-refractivity contribution in [3.05, 3.63) is 0 Å². The quantitative estimate of drug-likeness (QED) is 0.614. The SMILES string of the molecule is CC(C)=O.CCCC(=O)OCC. The number of Topliss-reactive ketones (excluding diaryl/α,β-unsaturated/α-hetero) is 1. The highest BCUT2D eigenvalue weighted by molar-refractivity contribution is 5.72. The summed E-state index contributed by atoms with van der Waals surface area (Å²) in [6.45, 7) is 7.32. The lowest BCUT2D eigenvalue weighted by Gasteiger charge is -1.96. The zero-order chi connectivity index (χ0) is 9.98. The Hall–Kier alpha value is -0.860. The number of hydrogen-bond donors (Lipinski definition) is 0. The second kappa shape index (κ2) is 10.1. The van der Waals surface area contributed by atoms with E-state index >= 15 is 0 Å². The standard InChI is InChI=1S/C6H12O2.C3H6O/c1-3-5-6(7)8-4-2;1-3(2)4/h3-5H2,1-2H3;1-2H3. The molecule has 0 N–H and O–H groups in total. The van der Waals surface area contributed by atoms with Crippen LogP contribution >= 0.6 is 0 Å². The van der Waals surface area contributed by atoms with E-state index in [-0.39, 0.29) is 11.8 Å². The number of carbonyl (C=O) groups is 2. The van der Waals surface area contributed by atoms with E-state index in [1.54, 1.807) is 0 Å². The van der Waals surface area contributed by atoms with E-state index in [4.69, 9.17) is 0 Å². The van der Waals surface area contributed by atoms with E-state index in [9.17, 15) is 9.59 Å². The fourth-order valence-corrected chi connectivity index (χ4v) is 0.437. The molecule has 0 aliphatic carbocycles. The Bertz CT molecular complexity index is 118. The smallest absolute Gasteiger partial charge is 0.305 e. The van der Waals surface area contributed by atoms with Gasteiger partial charge in [-0.2, -0.15) is 0 Å². The fraction of sp³-hybridized carbons (Fsp3) is 0.778. The van der Waals surface area contributed by atoms with Crippen molar-refractivity contribution in [3.63, 3.8) is 0 Å². The van der Waals surface area contributed by atoms with Crippen molar-refractivity contribution in [1.82, 2.24) is 0 Å². The minimum atomic E-state index is -0.0880.